The summed E-state index contributed by atoms with van der Waals surface area (Å²) in [5, 5.41) is 6.96. The first-order chi connectivity index (χ1) is 15.9. The molecule has 0 unspecified atom stereocenters. The quantitative estimate of drug-likeness (QED) is 0.602. The minimum Gasteiger partial charge on any atom is -0.346 e. The van der Waals surface area contributed by atoms with Crippen LogP contribution in [0.25, 0.3) is 5.69 Å². The Labute approximate surface area is 192 Å². The molecule has 2 heterocycles. The van der Waals surface area contributed by atoms with Gasteiger partial charge >= 0.3 is 0 Å². The van der Waals surface area contributed by atoms with Crippen LogP contribution in [0.15, 0.2) is 70.4 Å². The molecule has 1 aliphatic rings. The molecule has 1 fully saturated rings. The molecule has 9 heteroatoms. The number of carbonyl (C=O) groups excluding carboxylic acids is 1. The molecule has 1 saturated heterocycles. The highest BCUT2D eigenvalue weighted by Crippen LogP contribution is 2.20. The van der Waals surface area contributed by atoms with E-state index in [0.717, 1.165) is 30.5 Å². The van der Waals surface area contributed by atoms with E-state index in [-0.39, 0.29) is 17.1 Å². The van der Waals surface area contributed by atoms with E-state index in [1.807, 2.05) is 30.3 Å². The molecule has 0 atom stereocenters. The number of piperidine rings is 1. The maximum absolute atomic E-state index is 12.8. The summed E-state index contributed by atoms with van der Waals surface area (Å²) < 4.78 is 28.6. The Morgan fingerprint density at radius 3 is 2.33 bits per heavy atom. The molecule has 0 saturated carbocycles. The normalized spacial score (nSPS) is 14.7. The maximum atomic E-state index is 12.8. The molecule has 0 aliphatic carbocycles. The molecule has 1 aliphatic heterocycles. The second-order valence-electron chi connectivity index (χ2n) is 8.04. The van der Waals surface area contributed by atoms with Crippen LogP contribution in [0.5, 0.6) is 0 Å². The summed E-state index contributed by atoms with van der Waals surface area (Å²) >= 11 is 0. The fourth-order valence-electron chi connectivity index (χ4n) is 3.83. The van der Waals surface area contributed by atoms with Gasteiger partial charge in [-0.05, 0) is 49.6 Å². The summed E-state index contributed by atoms with van der Waals surface area (Å²) in [5.74, 6) is -0.588. The Bertz CT molecular complexity index is 1300. The van der Waals surface area contributed by atoms with Crippen LogP contribution in [-0.2, 0) is 16.6 Å². The molecule has 172 valence electrons. The number of benzene rings is 2. The number of amides is 1. The highest BCUT2D eigenvalue weighted by Gasteiger charge is 2.25. The first kappa shape index (κ1) is 22.9. The zero-order valence-electron chi connectivity index (χ0n) is 18.4. The predicted octanol–water partition coefficient (Wildman–Crippen LogP) is 2.65. The highest BCUT2D eigenvalue weighted by molar-refractivity contribution is 7.89. The van der Waals surface area contributed by atoms with Crippen LogP contribution in [0.3, 0.4) is 0 Å². The predicted molar refractivity (Wildman–Crippen MR) is 125 cm³/mol. The SMILES string of the molecule is Cc1cc(=O)c(C(=O)NCc2ccc(S(=O)(=O)N3CCCCC3)cc2)nn1-c1ccccc1. The van der Waals surface area contributed by atoms with Crippen LogP contribution >= 0.6 is 0 Å². The van der Waals surface area contributed by atoms with Crippen molar-refractivity contribution in [3.63, 3.8) is 0 Å². The molecule has 2 aromatic carbocycles. The van der Waals surface area contributed by atoms with E-state index in [1.165, 1.54) is 10.4 Å². The van der Waals surface area contributed by atoms with E-state index in [1.54, 1.807) is 35.9 Å². The number of nitrogens with zero attached hydrogens (tertiary/aromatic N) is 3. The third-order valence-corrected chi connectivity index (χ3v) is 7.57. The third-order valence-electron chi connectivity index (χ3n) is 5.65. The number of para-hydroxylation sites is 1. The van der Waals surface area contributed by atoms with E-state index in [0.29, 0.717) is 18.8 Å². The molecule has 0 bridgehead atoms. The number of aryl methyl sites for hydroxylation is 1. The molecule has 1 N–H and O–H groups in total. The summed E-state index contributed by atoms with van der Waals surface area (Å²) in [4.78, 5) is 25.3. The van der Waals surface area contributed by atoms with E-state index in [9.17, 15) is 18.0 Å². The van der Waals surface area contributed by atoms with Gasteiger partial charge in [-0.3, -0.25) is 9.59 Å². The molecule has 1 aromatic heterocycles. The second kappa shape index (κ2) is 9.68. The largest absolute Gasteiger partial charge is 0.346 e. The van der Waals surface area contributed by atoms with Gasteiger partial charge in [0, 0.05) is 31.4 Å². The summed E-state index contributed by atoms with van der Waals surface area (Å²) in [6, 6.07) is 17.1. The number of hydrogen-bond acceptors (Lipinski definition) is 5. The zero-order chi connectivity index (χ0) is 23.4. The van der Waals surface area contributed by atoms with Crippen LogP contribution < -0.4 is 10.7 Å². The summed E-state index contributed by atoms with van der Waals surface area (Å²) in [7, 11) is -3.50. The molecule has 0 spiro atoms. The van der Waals surface area contributed by atoms with Gasteiger partial charge in [0.15, 0.2) is 5.69 Å². The van der Waals surface area contributed by atoms with Crippen LogP contribution in [0.1, 0.15) is 41.0 Å². The third kappa shape index (κ3) is 5.04. The van der Waals surface area contributed by atoms with E-state index in [2.05, 4.69) is 10.4 Å². The number of aromatic nitrogens is 2. The van der Waals surface area contributed by atoms with Crippen molar-refractivity contribution in [2.75, 3.05) is 13.1 Å². The van der Waals surface area contributed by atoms with Gasteiger partial charge < -0.3 is 5.32 Å². The van der Waals surface area contributed by atoms with Gasteiger partial charge in [0.05, 0.1) is 10.6 Å². The number of carbonyl (C=O) groups is 1. The average molecular weight is 467 g/mol. The molecule has 33 heavy (non-hydrogen) atoms. The van der Waals surface area contributed by atoms with Gasteiger partial charge in [-0.1, -0.05) is 36.8 Å². The molecule has 8 nitrogen and oxygen atoms in total. The second-order valence-corrected chi connectivity index (χ2v) is 9.98. The van der Waals surface area contributed by atoms with Crippen molar-refractivity contribution in [3.05, 3.63) is 87.8 Å². The minimum atomic E-state index is -3.50. The van der Waals surface area contributed by atoms with Crippen molar-refractivity contribution in [1.82, 2.24) is 19.4 Å². The van der Waals surface area contributed by atoms with Gasteiger partial charge in [-0.25, -0.2) is 13.1 Å². The van der Waals surface area contributed by atoms with Crippen molar-refractivity contribution in [1.29, 1.82) is 0 Å². The Balaban J connectivity index is 1.46. The van der Waals surface area contributed by atoms with Gasteiger partial charge in [0.2, 0.25) is 15.5 Å². The molecule has 1 amide bonds. The van der Waals surface area contributed by atoms with E-state index < -0.39 is 21.4 Å². The van der Waals surface area contributed by atoms with Gasteiger partial charge in [0.25, 0.3) is 5.91 Å². The van der Waals surface area contributed by atoms with E-state index >= 15 is 0 Å². The van der Waals surface area contributed by atoms with Crippen LogP contribution in [0.2, 0.25) is 0 Å². The minimum absolute atomic E-state index is 0.142. The first-order valence-electron chi connectivity index (χ1n) is 10.9. The summed E-state index contributed by atoms with van der Waals surface area (Å²) in [5.41, 5.74) is 1.42. The number of sulfonamides is 1. The summed E-state index contributed by atoms with van der Waals surface area (Å²) in [6.45, 7) is 2.99. The number of hydrogen-bond donors (Lipinski definition) is 1. The highest BCUT2D eigenvalue weighted by atomic mass is 32.2. The fraction of sp³-hybridized carbons (Fsp3) is 0.292. The van der Waals surface area contributed by atoms with Crippen molar-refractivity contribution < 1.29 is 13.2 Å². The van der Waals surface area contributed by atoms with Crippen LogP contribution in [0, 0.1) is 6.92 Å². The number of nitrogens with one attached hydrogen (secondary N) is 1. The lowest BCUT2D eigenvalue weighted by Crippen LogP contribution is -2.35. The summed E-state index contributed by atoms with van der Waals surface area (Å²) in [6.07, 6.45) is 2.81. The van der Waals surface area contributed by atoms with E-state index in [4.69, 9.17) is 0 Å². The van der Waals surface area contributed by atoms with Gasteiger partial charge in [-0.2, -0.15) is 9.40 Å². The van der Waals surface area contributed by atoms with Gasteiger partial charge in [0.1, 0.15) is 0 Å². The van der Waals surface area contributed by atoms with Crippen LogP contribution in [0.4, 0.5) is 0 Å². The van der Waals surface area contributed by atoms with Crippen molar-refractivity contribution in [3.8, 4) is 5.69 Å². The zero-order valence-corrected chi connectivity index (χ0v) is 19.2. The van der Waals surface area contributed by atoms with Crippen LogP contribution in [-0.4, -0.2) is 41.5 Å². The smallest absolute Gasteiger partial charge is 0.276 e. The molecule has 0 radical (unpaired) electrons. The maximum Gasteiger partial charge on any atom is 0.276 e. The molecule has 3 aromatic rings. The first-order valence-corrected chi connectivity index (χ1v) is 12.3. The fourth-order valence-corrected chi connectivity index (χ4v) is 5.35. The Hall–Kier alpha value is -3.30. The number of rotatable bonds is 6. The van der Waals surface area contributed by atoms with Crippen molar-refractivity contribution in [2.45, 2.75) is 37.6 Å². The Morgan fingerprint density at radius 1 is 1.00 bits per heavy atom. The Kier molecular flexibility index (Phi) is 6.71. The molecule has 4 rings (SSSR count). The van der Waals surface area contributed by atoms with Crippen molar-refractivity contribution in [2.24, 2.45) is 0 Å². The molecular formula is C24H26N4O4S. The lowest BCUT2D eigenvalue weighted by molar-refractivity contribution is 0.0943. The average Bonchev–Trinajstić information content (AvgIpc) is 2.84. The lowest BCUT2D eigenvalue weighted by Gasteiger charge is -2.25. The standard InChI is InChI=1S/C24H26N4O4S/c1-18-16-22(29)23(26-28(18)20-8-4-2-5-9-20)24(30)25-17-19-10-12-21(13-11-19)33(31,32)27-14-6-3-7-15-27/h2,4-5,8-13,16H,3,6-7,14-15,17H2,1H3,(H,25,30). The topological polar surface area (TPSA) is 101 Å². The lowest BCUT2D eigenvalue weighted by atomic mass is 10.2. The molecular weight excluding hydrogens is 440 g/mol. The van der Waals surface area contributed by atoms with Crippen molar-refractivity contribution >= 4 is 15.9 Å². The van der Waals surface area contributed by atoms with Gasteiger partial charge in [-0.15, -0.1) is 0 Å². The monoisotopic (exact) mass is 466 g/mol. The Morgan fingerprint density at radius 2 is 1.67 bits per heavy atom.